The highest BCUT2D eigenvalue weighted by molar-refractivity contribution is 6.30. The second-order valence-corrected chi connectivity index (χ2v) is 4.21. The molecule has 2 rings (SSSR count). The fourth-order valence-corrected chi connectivity index (χ4v) is 2.00. The first-order chi connectivity index (χ1) is 8.52. The zero-order valence-corrected chi connectivity index (χ0v) is 10.7. The molecule has 18 heavy (non-hydrogen) atoms. The molecule has 94 valence electrons. The highest BCUT2D eigenvalue weighted by Gasteiger charge is 2.15. The van der Waals surface area contributed by atoms with Crippen molar-refractivity contribution >= 4 is 34.3 Å². The molecule has 1 N–H and O–H groups in total. The van der Waals surface area contributed by atoms with Crippen LogP contribution < -0.4 is 0 Å². The second kappa shape index (κ2) is 4.78. The maximum atomic E-state index is 11.4. The van der Waals surface area contributed by atoms with E-state index in [0.717, 1.165) is 0 Å². The van der Waals surface area contributed by atoms with Gasteiger partial charge in [0.25, 0.3) is 0 Å². The normalized spacial score (nSPS) is 10.6. The lowest BCUT2D eigenvalue weighted by Crippen LogP contribution is -2.07. The Morgan fingerprint density at radius 2 is 2.22 bits per heavy atom. The van der Waals surface area contributed by atoms with Crippen molar-refractivity contribution in [3.8, 4) is 0 Å². The number of pyridine rings is 1. The van der Waals surface area contributed by atoms with Crippen molar-refractivity contribution in [1.82, 2.24) is 9.97 Å². The summed E-state index contributed by atoms with van der Waals surface area (Å²) < 4.78 is 4.59. The number of Topliss-reactive ketones (excluding diaryl/α,β-unsaturated/α-hetero) is 1. The van der Waals surface area contributed by atoms with Crippen LogP contribution in [-0.2, 0) is 16.0 Å². The van der Waals surface area contributed by atoms with Gasteiger partial charge in [0.05, 0.1) is 24.7 Å². The lowest BCUT2D eigenvalue weighted by molar-refractivity contribution is -0.139. The van der Waals surface area contributed by atoms with Crippen LogP contribution in [0.4, 0.5) is 0 Å². The van der Waals surface area contributed by atoms with E-state index in [1.54, 1.807) is 12.3 Å². The number of aromatic nitrogens is 2. The molecule has 0 atom stereocenters. The van der Waals surface area contributed by atoms with E-state index in [4.69, 9.17) is 11.6 Å². The minimum Gasteiger partial charge on any atom is -0.469 e. The molecule has 0 fully saturated rings. The first-order valence-electron chi connectivity index (χ1n) is 5.27. The number of carbonyl (C=O) groups excluding carboxylic acids is 2. The van der Waals surface area contributed by atoms with Crippen molar-refractivity contribution in [2.24, 2.45) is 0 Å². The molecule has 0 saturated heterocycles. The summed E-state index contributed by atoms with van der Waals surface area (Å²) >= 11 is 5.90. The van der Waals surface area contributed by atoms with E-state index in [1.165, 1.54) is 14.0 Å². The van der Waals surface area contributed by atoms with Gasteiger partial charge in [-0.2, -0.15) is 0 Å². The minimum atomic E-state index is -0.412. The van der Waals surface area contributed by atoms with Crippen molar-refractivity contribution in [2.45, 2.75) is 13.3 Å². The van der Waals surface area contributed by atoms with Crippen molar-refractivity contribution in [2.75, 3.05) is 7.11 Å². The summed E-state index contributed by atoms with van der Waals surface area (Å²) in [5, 5.41) is 0.907. The van der Waals surface area contributed by atoms with E-state index in [9.17, 15) is 9.59 Å². The van der Waals surface area contributed by atoms with Crippen molar-refractivity contribution in [1.29, 1.82) is 0 Å². The van der Waals surface area contributed by atoms with Crippen LogP contribution in [0.3, 0.4) is 0 Å². The molecule has 5 nitrogen and oxygen atoms in total. The summed E-state index contributed by atoms with van der Waals surface area (Å²) in [6, 6.07) is 1.60. The number of hydrogen-bond donors (Lipinski definition) is 1. The Bertz CT molecular complexity index is 634. The largest absolute Gasteiger partial charge is 0.469 e. The fourth-order valence-electron chi connectivity index (χ4n) is 1.79. The zero-order chi connectivity index (χ0) is 13.3. The molecule has 0 bridgehead atoms. The molecule has 2 aromatic heterocycles. The van der Waals surface area contributed by atoms with Crippen LogP contribution in [0, 0.1) is 0 Å². The Morgan fingerprint density at radius 3 is 2.83 bits per heavy atom. The molecule has 0 aromatic carbocycles. The van der Waals surface area contributed by atoms with Crippen molar-refractivity contribution < 1.29 is 14.3 Å². The average Bonchev–Trinajstić information content (AvgIpc) is 2.72. The Balaban J connectivity index is 2.60. The number of ketones is 1. The number of ether oxygens (including phenoxy) is 1. The van der Waals surface area contributed by atoms with E-state index in [-0.39, 0.29) is 17.4 Å². The Labute approximate surface area is 108 Å². The molecule has 0 aliphatic rings. The topological polar surface area (TPSA) is 72.0 Å². The van der Waals surface area contributed by atoms with Gasteiger partial charge in [0.2, 0.25) is 0 Å². The molecule has 2 aromatic rings. The maximum absolute atomic E-state index is 11.4. The van der Waals surface area contributed by atoms with Gasteiger partial charge in [0, 0.05) is 17.1 Å². The number of hydrogen-bond acceptors (Lipinski definition) is 4. The molecular weight excluding hydrogens is 256 g/mol. The molecule has 0 radical (unpaired) electrons. The lowest BCUT2D eigenvalue weighted by Gasteiger charge is -2.03. The highest BCUT2D eigenvalue weighted by atomic mass is 35.5. The number of nitrogens with zero attached hydrogens (tertiary/aromatic N) is 1. The summed E-state index contributed by atoms with van der Waals surface area (Å²) in [6.07, 6.45) is 1.59. The Hall–Kier alpha value is -1.88. The number of esters is 1. The number of H-pyrrole nitrogens is 1. The predicted molar refractivity (Wildman–Crippen MR) is 66.8 cm³/mol. The van der Waals surface area contributed by atoms with Crippen LogP contribution in [-0.4, -0.2) is 28.8 Å². The standard InChI is InChI=1S/C12H11ClN2O3/c1-6(16)8-5-14-12-7(8)3-10(13)15-9(12)4-11(17)18-2/h3,5,14H,4H2,1-2H3. The molecule has 0 aliphatic heterocycles. The minimum absolute atomic E-state index is 0.00538. The van der Waals surface area contributed by atoms with Crippen LogP contribution in [0.15, 0.2) is 12.3 Å². The van der Waals surface area contributed by atoms with Gasteiger partial charge in [0.1, 0.15) is 5.15 Å². The number of halogens is 1. The first kappa shape index (κ1) is 12.6. The quantitative estimate of drug-likeness (QED) is 0.525. The van der Waals surface area contributed by atoms with E-state index in [2.05, 4.69) is 14.7 Å². The third-order valence-corrected chi connectivity index (χ3v) is 2.83. The zero-order valence-electron chi connectivity index (χ0n) is 9.91. The van der Waals surface area contributed by atoms with E-state index >= 15 is 0 Å². The Kier molecular flexibility index (Phi) is 3.34. The number of methoxy groups -OCH3 is 1. The monoisotopic (exact) mass is 266 g/mol. The van der Waals surface area contributed by atoms with Crippen LogP contribution >= 0.6 is 11.6 Å². The third kappa shape index (κ3) is 2.22. The molecule has 0 spiro atoms. The molecule has 0 saturated carbocycles. The van der Waals surface area contributed by atoms with Crippen molar-refractivity contribution in [3.63, 3.8) is 0 Å². The van der Waals surface area contributed by atoms with Crippen LogP contribution in [0.25, 0.3) is 10.9 Å². The smallest absolute Gasteiger partial charge is 0.311 e. The predicted octanol–water partition coefficient (Wildman–Crippen LogP) is 2.13. The first-order valence-corrected chi connectivity index (χ1v) is 5.65. The van der Waals surface area contributed by atoms with E-state index in [0.29, 0.717) is 22.2 Å². The second-order valence-electron chi connectivity index (χ2n) is 3.83. The van der Waals surface area contributed by atoms with Gasteiger partial charge < -0.3 is 9.72 Å². The molecule has 2 heterocycles. The highest BCUT2D eigenvalue weighted by Crippen LogP contribution is 2.24. The molecular formula is C12H11ClN2O3. The summed E-state index contributed by atoms with van der Waals surface area (Å²) in [4.78, 5) is 29.8. The van der Waals surface area contributed by atoms with Crippen molar-refractivity contribution in [3.05, 3.63) is 28.7 Å². The molecule has 0 amide bonds. The summed E-state index contributed by atoms with van der Waals surface area (Å²) in [5.74, 6) is -0.488. The summed E-state index contributed by atoms with van der Waals surface area (Å²) in [6.45, 7) is 1.47. The van der Waals surface area contributed by atoms with E-state index < -0.39 is 5.97 Å². The van der Waals surface area contributed by atoms with Gasteiger partial charge in [-0.1, -0.05) is 11.6 Å². The Morgan fingerprint density at radius 1 is 1.50 bits per heavy atom. The molecule has 0 unspecified atom stereocenters. The number of nitrogens with one attached hydrogen (secondary N) is 1. The average molecular weight is 267 g/mol. The van der Waals surface area contributed by atoms with E-state index in [1.807, 2.05) is 0 Å². The number of rotatable bonds is 3. The maximum Gasteiger partial charge on any atom is 0.311 e. The number of fused-ring (bicyclic) bond motifs is 1. The number of aromatic amines is 1. The number of carbonyl (C=O) groups is 2. The molecule has 6 heteroatoms. The third-order valence-electron chi connectivity index (χ3n) is 2.63. The SMILES string of the molecule is COC(=O)Cc1nc(Cl)cc2c(C(C)=O)c[nH]c12. The van der Waals surface area contributed by atoms with Gasteiger partial charge in [-0.15, -0.1) is 0 Å². The molecule has 0 aliphatic carbocycles. The van der Waals surface area contributed by atoms with Crippen LogP contribution in [0.2, 0.25) is 5.15 Å². The van der Waals surface area contributed by atoms with Gasteiger partial charge in [-0.05, 0) is 13.0 Å². The summed E-state index contributed by atoms with van der Waals surface area (Å²) in [5.41, 5.74) is 1.63. The summed E-state index contributed by atoms with van der Waals surface area (Å²) in [7, 11) is 1.31. The van der Waals surface area contributed by atoms with Gasteiger partial charge in [-0.3, -0.25) is 9.59 Å². The van der Waals surface area contributed by atoms with Gasteiger partial charge >= 0.3 is 5.97 Å². The van der Waals surface area contributed by atoms with Crippen LogP contribution in [0.5, 0.6) is 0 Å². The van der Waals surface area contributed by atoms with Gasteiger partial charge in [-0.25, -0.2) is 4.98 Å². The van der Waals surface area contributed by atoms with Gasteiger partial charge in [0.15, 0.2) is 5.78 Å². The fraction of sp³-hybridized carbons (Fsp3) is 0.250. The lowest BCUT2D eigenvalue weighted by atomic mass is 10.1. The van der Waals surface area contributed by atoms with Crippen LogP contribution in [0.1, 0.15) is 23.0 Å².